The Balaban J connectivity index is 2.78. The molecule has 1 aromatic carbocycles. The predicted molar refractivity (Wildman–Crippen MR) is 83.1 cm³/mol. The van der Waals surface area contributed by atoms with Crippen LogP contribution in [0.4, 0.5) is 5.69 Å². The molecule has 118 valence electrons. The molecule has 1 atom stereocenters. The molecule has 0 radical (unpaired) electrons. The zero-order valence-electron chi connectivity index (χ0n) is 12.6. The summed E-state index contributed by atoms with van der Waals surface area (Å²) in [7, 11) is -3.73. The summed E-state index contributed by atoms with van der Waals surface area (Å²) in [5.74, 6) is -0.460. The maximum Gasteiger partial charge on any atom is 0.238 e. The van der Waals surface area contributed by atoms with Crippen LogP contribution < -0.4 is 16.2 Å². The van der Waals surface area contributed by atoms with E-state index in [1.54, 1.807) is 0 Å². The van der Waals surface area contributed by atoms with Crippen molar-refractivity contribution in [2.45, 2.75) is 32.1 Å². The highest BCUT2D eigenvalue weighted by molar-refractivity contribution is 7.89. The van der Waals surface area contributed by atoms with E-state index in [0.29, 0.717) is 12.1 Å². The number of benzene rings is 1. The van der Waals surface area contributed by atoms with Crippen LogP contribution >= 0.6 is 0 Å². The van der Waals surface area contributed by atoms with E-state index >= 15 is 0 Å². The summed E-state index contributed by atoms with van der Waals surface area (Å²) in [5.41, 5.74) is 6.17. The Morgan fingerprint density at radius 1 is 1.24 bits per heavy atom. The molecular weight excluding hydrogens is 290 g/mol. The Labute approximate surface area is 126 Å². The van der Waals surface area contributed by atoms with Gasteiger partial charge in [-0.25, -0.2) is 13.6 Å². The second-order valence-electron chi connectivity index (χ2n) is 6.26. The van der Waals surface area contributed by atoms with Gasteiger partial charge in [0.2, 0.25) is 15.9 Å². The van der Waals surface area contributed by atoms with E-state index in [0.717, 1.165) is 0 Å². The first-order valence-electron chi connectivity index (χ1n) is 6.67. The number of carbonyl (C=O) groups is 1. The van der Waals surface area contributed by atoms with Gasteiger partial charge in [0.15, 0.2) is 0 Å². The van der Waals surface area contributed by atoms with E-state index in [9.17, 15) is 13.2 Å². The molecule has 21 heavy (non-hydrogen) atoms. The van der Waals surface area contributed by atoms with Crippen LogP contribution in [0.5, 0.6) is 0 Å². The Morgan fingerprint density at radius 2 is 1.76 bits per heavy atom. The third-order valence-electron chi connectivity index (χ3n) is 2.96. The summed E-state index contributed by atoms with van der Waals surface area (Å²) < 4.78 is 22.3. The van der Waals surface area contributed by atoms with Crippen LogP contribution in [-0.2, 0) is 14.8 Å². The average Bonchev–Trinajstić information content (AvgIpc) is 2.34. The van der Waals surface area contributed by atoms with Crippen molar-refractivity contribution in [2.24, 2.45) is 22.2 Å². The van der Waals surface area contributed by atoms with Gasteiger partial charge in [0.05, 0.1) is 10.8 Å². The first-order valence-corrected chi connectivity index (χ1v) is 8.21. The largest absolute Gasteiger partial charge is 0.330 e. The van der Waals surface area contributed by atoms with Crippen LogP contribution in [0.25, 0.3) is 0 Å². The molecule has 0 saturated carbocycles. The number of rotatable bonds is 5. The maximum atomic E-state index is 12.2. The van der Waals surface area contributed by atoms with E-state index in [-0.39, 0.29) is 28.7 Å². The lowest BCUT2D eigenvalue weighted by molar-refractivity contribution is -0.120. The van der Waals surface area contributed by atoms with Crippen molar-refractivity contribution < 1.29 is 13.2 Å². The van der Waals surface area contributed by atoms with Gasteiger partial charge in [-0.15, -0.1) is 0 Å². The summed E-state index contributed by atoms with van der Waals surface area (Å²) in [5, 5.41) is 7.76. The SMILES string of the molecule is CC(C)(C)CC(CN)C(=O)Nc1ccc(S(N)(=O)=O)cc1. The lowest BCUT2D eigenvalue weighted by Crippen LogP contribution is -2.32. The van der Waals surface area contributed by atoms with Gasteiger partial charge in [-0.3, -0.25) is 4.79 Å². The molecule has 6 nitrogen and oxygen atoms in total. The van der Waals surface area contributed by atoms with Gasteiger partial charge >= 0.3 is 0 Å². The predicted octanol–water partition coefficient (Wildman–Crippen LogP) is 1.28. The Kier molecular flexibility index (Phi) is 5.49. The second-order valence-corrected chi connectivity index (χ2v) is 7.82. The van der Waals surface area contributed by atoms with Crippen LogP contribution in [0.1, 0.15) is 27.2 Å². The van der Waals surface area contributed by atoms with Crippen LogP contribution in [0.3, 0.4) is 0 Å². The van der Waals surface area contributed by atoms with E-state index in [2.05, 4.69) is 5.32 Å². The van der Waals surface area contributed by atoms with Crippen molar-refractivity contribution in [3.63, 3.8) is 0 Å². The summed E-state index contributed by atoms with van der Waals surface area (Å²) in [4.78, 5) is 12.2. The number of carbonyl (C=O) groups excluding carboxylic acids is 1. The van der Waals surface area contributed by atoms with E-state index in [4.69, 9.17) is 10.9 Å². The van der Waals surface area contributed by atoms with Gasteiger partial charge in [-0.05, 0) is 36.1 Å². The van der Waals surface area contributed by atoms with E-state index in [1.165, 1.54) is 24.3 Å². The molecule has 1 rings (SSSR count). The van der Waals surface area contributed by atoms with Gasteiger partial charge in [-0.2, -0.15) is 0 Å². The fraction of sp³-hybridized carbons (Fsp3) is 0.500. The number of hydrogen-bond donors (Lipinski definition) is 3. The molecule has 1 aromatic rings. The standard InChI is InChI=1S/C14H23N3O3S/c1-14(2,3)8-10(9-15)13(18)17-11-4-6-12(7-5-11)21(16,19)20/h4-7,10H,8-9,15H2,1-3H3,(H,17,18)(H2,16,19,20). The van der Waals surface area contributed by atoms with Crippen LogP contribution in [0.15, 0.2) is 29.2 Å². The van der Waals surface area contributed by atoms with Crippen LogP contribution in [0, 0.1) is 11.3 Å². The molecule has 0 aliphatic rings. The summed E-state index contributed by atoms with van der Waals surface area (Å²) >= 11 is 0. The molecule has 0 aromatic heterocycles. The summed E-state index contributed by atoms with van der Waals surface area (Å²) in [6, 6.07) is 5.71. The molecule has 0 fully saturated rings. The van der Waals surface area contributed by atoms with Crippen molar-refractivity contribution in [1.82, 2.24) is 0 Å². The molecule has 1 unspecified atom stereocenters. The first-order chi connectivity index (χ1) is 9.53. The molecule has 0 heterocycles. The second kappa shape index (κ2) is 6.55. The molecular formula is C14H23N3O3S. The third kappa shape index (κ3) is 5.82. The fourth-order valence-corrected chi connectivity index (χ4v) is 2.51. The lowest BCUT2D eigenvalue weighted by Gasteiger charge is -2.24. The number of nitrogens with one attached hydrogen (secondary N) is 1. The number of amides is 1. The molecule has 0 aliphatic heterocycles. The van der Waals surface area contributed by atoms with Gasteiger partial charge in [-0.1, -0.05) is 20.8 Å². The number of sulfonamides is 1. The van der Waals surface area contributed by atoms with Crippen LogP contribution in [-0.4, -0.2) is 20.9 Å². The van der Waals surface area contributed by atoms with Crippen molar-refractivity contribution in [1.29, 1.82) is 0 Å². The van der Waals surface area contributed by atoms with Crippen molar-refractivity contribution in [3.05, 3.63) is 24.3 Å². The average molecular weight is 313 g/mol. The molecule has 0 saturated heterocycles. The molecule has 0 spiro atoms. The van der Waals surface area contributed by atoms with E-state index < -0.39 is 10.0 Å². The number of nitrogens with two attached hydrogens (primary N) is 2. The van der Waals surface area contributed by atoms with Gasteiger partial charge in [0.1, 0.15) is 0 Å². The van der Waals surface area contributed by atoms with Gasteiger partial charge in [0.25, 0.3) is 0 Å². The van der Waals surface area contributed by atoms with Crippen LogP contribution in [0.2, 0.25) is 0 Å². The Hall–Kier alpha value is -1.44. The maximum absolute atomic E-state index is 12.2. The third-order valence-corrected chi connectivity index (χ3v) is 3.89. The zero-order chi connectivity index (χ0) is 16.3. The zero-order valence-corrected chi connectivity index (χ0v) is 13.4. The van der Waals surface area contributed by atoms with Crippen molar-refractivity contribution in [3.8, 4) is 0 Å². The minimum atomic E-state index is -3.73. The van der Waals surface area contributed by atoms with E-state index in [1.807, 2.05) is 20.8 Å². The highest BCUT2D eigenvalue weighted by Crippen LogP contribution is 2.25. The monoisotopic (exact) mass is 313 g/mol. The Bertz CT molecular complexity index is 589. The normalized spacial score (nSPS) is 13.8. The fourth-order valence-electron chi connectivity index (χ4n) is 1.99. The topological polar surface area (TPSA) is 115 Å². The highest BCUT2D eigenvalue weighted by atomic mass is 32.2. The molecule has 1 amide bonds. The summed E-state index contributed by atoms with van der Waals surface area (Å²) in [6.07, 6.45) is 0.671. The number of primary sulfonamides is 1. The van der Waals surface area contributed by atoms with Crippen molar-refractivity contribution >= 4 is 21.6 Å². The molecule has 0 bridgehead atoms. The minimum Gasteiger partial charge on any atom is -0.330 e. The van der Waals surface area contributed by atoms with Gasteiger partial charge < -0.3 is 11.1 Å². The smallest absolute Gasteiger partial charge is 0.238 e. The van der Waals surface area contributed by atoms with Gasteiger partial charge in [0, 0.05) is 12.2 Å². The summed E-state index contributed by atoms with van der Waals surface area (Å²) in [6.45, 7) is 6.40. The van der Waals surface area contributed by atoms with Crippen molar-refractivity contribution in [2.75, 3.05) is 11.9 Å². The Morgan fingerprint density at radius 3 is 2.14 bits per heavy atom. The minimum absolute atomic E-state index is 0.00113. The molecule has 7 heteroatoms. The number of hydrogen-bond acceptors (Lipinski definition) is 4. The highest BCUT2D eigenvalue weighted by Gasteiger charge is 2.23. The number of anilines is 1. The lowest BCUT2D eigenvalue weighted by atomic mass is 9.84. The first kappa shape index (κ1) is 17.6. The molecule has 5 N–H and O–H groups in total. The quantitative estimate of drug-likeness (QED) is 0.759. The molecule has 0 aliphatic carbocycles.